The molecule has 0 aliphatic rings. The van der Waals surface area contributed by atoms with Crippen molar-refractivity contribution < 1.29 is 14.5 Å². The Morgan fingerprint density at radius 1 is 1.45 bits per heavy atom. The average Bonchev–Trinajstić information content (AvgIpc) is 2.37. The topological polar surface area (TPSA) is 72.7 Å². The molecule has 0 atom stereocenters. The second-order valence-corrected chi connectivity index (χ2v) is 4.50. The van der Waals surface area contributed by atoms with Crippen LogP contribution < -0.4 is 4.90 Å². The van der Waals surface area contributed by atoms with Crippen molar-refractivity contribution in [2.75, 3.05) is 24.6 Å². The van der Waals surface area contributed by atoms with Crippen LogP contribution in [0.3, 0.4) is 0 Å². The summed E-state index contributed by atoms with van der Waals surface area (Å²) in [5, 5.41) is 11.2. The van der Waals surface area contributed by atoms with Crippen LogP contribution in [0, 0.1) is 10.1 Å². The largest absolute Gasteiger partial charge is 0.465 e. The molecule has 0 aliphatic heterocycles. The van der Waals surface area contributed by atoms with Crippen LogP contribution in [0.5, 0.6) is 0 Å². The summed E-state index contributed by atoms with van der Waals surface area (Å²) in [7, 11) is 0. The van der Waals surface area contributed by atoms with E-state index in [-0.39, 0.29) is 23.9 Å². The fraction of sp³-hybridized carbons (Fsp3) is 0.462. The Labute approximate surface area is 122 Å². The Morgan fingerprint density at radius 3 is 2.70 bits per heavy atom. The van der Waals surface area contributed by atoms with E-state index in [2.05, 4.69) is 0 Å². The van der Waals surface area contributed by atoms with Crippen molar-refractivity contribution in [3.05, 3.63) is 33.3 Å². The van der Waals surface area contributed by atoms with E-state index < -0.39 is 10.9 Å². The SMILES string of the molecule is CCCN(CC(=O)OCC)c1cccc(Cl)c1[N+](=O)[O-]. The number of nitro benzene ring substituents is 1. The Balaban J connectivity index is 3.11. The van der Waals surface area contributed by atoms with Gasteiger partial charge in [0.2, 0.25) is 0 Å². The molecule has 0 amide bonds. The molecule has 0 N–H and O–H groups in total. The van der Waals surface area contributed by atoms with Gasteiger partial charge in [0.1, 0.15) is 17.3 Å². The van der Waals surface area contributed by atoms with E-state index >= 15 is 0 Å². The molecule has 0 unspecified atom stereocenters. The Hall–Kier alpha value is -1.82. The summed E-state index contributed by atoms with van der Waals surface area (Å²) in [5.41, 5.74) is 0.143. The molecule has 6 nitrogen and oxygen atoms in total. The van der Waals surface area contributed by atoms with Crippen LogP contribution >= 0.6 is 11.6 Å². The highest BCUT2D eigenvalue weighted by Gasteiger charge is 2.24. The lowest BCUT2D eigenvalue weighted by Gasteiger charge is -2.23. The second kappa shape index (κ2) is 7.69. The van der Waals surface area contributed by atoms with Gasteiger partial charge in [-0.1, -0.05) is 24.6 Å². The number of hydrogen-bond acceptors (Lipinski definition) is 5. The van der Waals surface area contributed by atoms with Crippen molar-refractivity contribution in [1.82, 2.24) is 0 Å². The third kappa shape index (κ3) is 4.09. The van der Waals surface area contributed by atoms with E-state index in [1.54, 1.807) is 24.0 Å². The van der Waals surface area contributed by atoms with E-state index in [1.165, 1.54) is 6.07 Å². The summed E-state index contributed by atoms with van der Waals surface area (Å²) in [6.45, 7) is 4.37. The van der Waals surface area contributed by atoms with Gasteiger partial charge in [-0.15, -0.1) is 0 Å². The Bertz CT molecular complexity index is 493. The first-order valence-electron chi connectivity index (χ1n) is 6.34. The number of nitro groups is 1. The second-order valence-electron chi connectivity index (χ2n) is 4.09. The number of esters is 1. The van der Waals surface area contributed by atoms with Crippen LogP contribution in [0.1, 0.15) is 20.3 Å². The van der Waals surface area contributed by atoms with Gasteiger partial charge in [-0.05, 0) is 25.5 Å². The van der Waals surface area contributed by atoms with E-state index in [0.29, 0.717) is 12.2 Å². The van der Waals surface area contributed by atoms with Gasteiger partial charge >= 0.3 is 11.7 Å². The Morgan fingerprint density at radius 2 is 2.15 bits per heavy atom. The first-order valence-corrected chi connectivity index (χ1v) is 6.72. The molecule has 0 spiro atoms. The first kappa shape index (κ1) is 16.2. The molecule has 7 heteroatoms. The number of ether oxygens (including phenoxy) is 1. The molecule has 20 heavy (non-hydrogen) atoms. The van der Waals surface area contributed by atoms with Gasteiger partial charge in [0, 0.05) is 6.54 Å². The normalized spacial score (nSPS) is 10.2. The summed E-state index contributed by atoms with van der Waals surface area (Å²) in [6, 6.07) is 4.66. The predicted molar refractivity (Wildman–Crippen MR) is 77.2 cm³/mol. The number of benzene rings is 1. The molecule has 0 aromatic heterocycles. The van der Waals surface area contributed by atoms with Gasteiger partial charge in [0.05, 0.1) is 11.5 Å². The molecule has 0 aliphatic carbocycles. The van der Waals surface area contributed by atoms with Gasteiger partial charge in [-0.2, -0.15) is 0 Å². The van der Waals surface area contributed by atoms with Crippen LogP contribution in [0.25, 0.3) is 0 Å². The maximum atomic E-state index is 11.6. The molecule has 0 heterocycles. The van der Waals surface area contributed by atoms with Gasteiger partial charge < -0.3 is 9.64 Å². The van der Waals surface area contributed by atoms with Crippen molar-refractivity contribution in [1.29, 1.82) is 0 Å². The van der Waals surface area contributed by atoms with Crippen molar-refractivity contribution in [2.24, 2.45) is 0 Å². The van der Waals surface area contributed by atoms with Crippen LogP contribution in [-0.2, 0) is 9.53 Å². The van der Waals surface area contributed by atoms with Crippen LogP contribution in [0.15, 0.2) is 18.2 Å². The van der Waals surface area contributed by atoms with Crippen molar-refractivity contribution in [3.63, 3.8) is 0 Å². The average molecular weight is 301 g/mol. The minimum atomic E-state index is -0.536. The van der Waals surface area contributed by atoms with E-state index in [0.717, 1.165) is 6.42 Å². The van der Waals surface area contributed by atoms with Gasteiger partial charge in [-0.25, -0.2) is 0 Å². The van der Waals surface area contributed by atoms with Gasteiger partial charge in [0.25, 0.3) is 0 Å². The van der Waals surface area contributed by atoms with Crippen molar-refractivity contribution in [3.8, 4) is 0 Å². The molecule has 1 aromatic rings. The predicted octanol–water partition coefficient (Wildman–Crippen LogP) is 3.03. The monoisotopic (exact) mass is 300 g/mol. The van der Waals surface area contributed by atoms with E-state index in [9.17, 15) is 14.9 Å². The molecule has 0 fully saturated rings. The van der Waals surface area contributed by atoms with Gasteiger partial charge in [-0.3, -0.25) is 14.9 Å². The number of halogens is 1. The van der Waals surface area contributed by atoms with Crippen molar-refractivity contribution in [2.45, 2.75) is 20.3 Å². The standard InChI is InChI=1S/C13H17ClN2O4/c1-3-8-15(9-12(17)20-4-2)11-7-5-6-10(14)13(11)16(18)19/h5-7H,3-4,8-9H2,1-2H3. The van der Waals surface area contributed by atoms with E-state index in [4.69, 9.17) is 16.3 Å². The molecule has 110 valence electrons. The number of nitrogens with zero attached hydrogens (tertiary/aromatic N) is 2. The summed E-state index contributed by atoms with van der Waals surface area (Å²) >= 11 is 5.88. The molecule has 1 rings (SSSR count). The highest BCUT2D eigenvalue weighted by molar-refractivity contribution is 6.33. The zero-order valence-electron chi connectivity index (χ0n) is 11.5. The summed E-state index contributed by atoms with van der Waals surface area (Å²) in [4.78, 5) is 23.8. The highest BCUT2D eigenvalue weighted by Crippen LogP contribution is 2.35. The number of para-hydroxylation sites is 1. The lowest BCUT2D eigenvalue weighted by atomic mass is 10.2. The zero-order chi connectivity index (χ0) is 15.1. The van der Waals surface area contributed by atoms with Crippen LogP contribution in [0.4, 0.5) is 11.4 Å². The fourth-order valence-corrected chi connectivity index (χ4v) is 2.10. The molecular formula is C13H17ClN2O4. The fourth-order valence-electron chi connectivity index (χ4n) is 1.86. The number of rotatable bonds is 7. The minimum Gasteiger partial charge on any atom is -0.465 e. The lowest BCUT2D eigenvalue weighted by molar-refractivity contribution is -0.384. The van der Waals surface area contributed by atoms with E-state index in [1.807, 2.05) is 6.92 Å². The molecule has 0 bridgehead atoms. The first-order chi connectivity index (χ1) is 9.51. The third-order valence-corrected chi connectivity index (χ3v) is 2.91. The molecule has 0 radical (unpaired) electrons. The van der Waals surface area contributed by atoms with Crippen molar-refractivity contribution >= 4 is 28.9 Å². The molecule has 0 saturated carbocycles. The molecule has 0 saturated heterocycles. The highest BCUT2D eigenvalue weighted by atomic mass is 35.5. The quantitative estimate of drug-likeness (QED) is 0.439. The smallest absolute Gasteiger partial charge is 0.325 e. The van der Waals surface area contributed by atoms with Gasteiger partial charge in [0.15, 0.2) is 0 Å². The zero-order valence-corrected chi connectivity index (χ0v) is 12.2. The summed E-state index contributed by atoms with van der Waals surface area (Å²) in [6.07, 6.45) is 0.739. The number of carbonyl (C=O) groups excluding carboxylic acids is 1. The molecular weight excluding hydrogens is 284 g/mol. The summed E-state index contributed by atoms with van der Waals surface area (Å²) in [5.74, 6) is -0.421. The number of hydrogen-bond donors (Lipinski definition) is 0. The minimum absolute atomic E-state index is 0.0388. The number of anilines is 1. The Kier molecular flexibility index (Phi) is 6.24. The summed E-state index contributed by atoms with van der Waals surface area (Å²) < 4.78 is 4.89. The lowest BCUT2D eigenvalue weighted by Crippen LogP contribution is -2.32. The maximum absolute atomic E-state index is 11.6. The van der Waals surface area contributed by atoms with Crippen LogP contribution in [-0.4, -0.2) is 30.6 Å². The number of carbonyl (C=O) groups is 1. The maximum Gasteiger partial charge on any atom is 0.325 e. The van der Waals surface area contributed by atoms with Crippen LogP contribution in [0.2, 0.25) is 5.02 Å². The third-order valence-electron chi connectivity index (χ3n) is 2.61. The molecule has 1 aromatic carbocycles.